The van der Waals surface area contributed by atoms with Crippen molar-refractivity contribution in [2.24, 2.45) is 0 Å². The van der Waals surface area contributed by atoms with Crippen LogP contribution in [0.2, 0.25) is 0 Å². The molecule has 0 unspecified atom stereocenters. The van der Waals surface area contributed by atoms with Crippen LogP contribution in [-0.4, -0.2) is 56.2 Å². The van der Waals surface area contributed by atoms with E-state index in [1.54, 1.807) is 26.0 Å². The molecule has 0 radical (unpaired) electrons. The molecular formula is C32H36N2O5. The second-order valence-electron chi connectivity index (χ2n) is 10.1. The number of hydrogen-bond donors (Lipinski definition) is 0. The number of aryl methyl sites for hydroxylation is 2. The largest absolute Gasteiger partial charge is 0.494 e. The highest BCUT2D eigenvalue weighted by Crippen LogP contribution is 2.32. The summed E-state index contributed by atoms with van der Waals surface area (Å²) in [7, 11) is 5.52. The zero-order valence-electron chi connectivity index (χ0n) is 23.4. The molecule has 7 heteroatoms. The Morgan fingerprint density at radius 2 is 1.51 bits per heavy atom. The Morgan fingerprint density at radius 3 is 2.23 bits per heavy atom. The molecule has 0 spiro atoms. The number of carbonyl (C=O) groups excluding carboxylic acids is 2. The predicted molar refractivity (Wildman–Crippen MR) is 154 cm³/mol. The number of fused-ring (bicyclic) bond motifs is 2. The van der Waals surface area contributed by atoms with Gasteiger partial charge in [-0.05, 0) is 94.9 Å². The van der Waals surface area contributed by atoms with Crippen LogP contribution in [0.25, 0.3) is 21.8 Å². The molecule has 7 nitrogen and oxygen atoms in total. The van der Waals surface area contributed by atoms with E-state index < -0.39 is 11.9 Å². The van der Waals surface area contributed by atoms with Crippen LogP contribution in [0.3, 0.4) is 0 Å². The van der Waals surface area contributed by atoms with Gasteiger partial charge in [0.25, 0.3) is 0 Å². The van der Waals surface area contributed by atoms with Crippen molar-refractivity contribution < 1.29 is 23.8 Å². The molecule has 0 fully saturated rings. The van der Waals surface area contributed by atoms with Crippen molar-refractivity contribution >= 4 is 33.7 Å². The number of para-hydroxylation sites is 1. The number of carbonyl (C=O) groups is 2. The fourth-order valence-electron chi connectivity index (χ4n) is 4.74. The molecule has 39 heavy (non-hydrogen) atoms. The van der Waals surface area contributed by atoms with E-state index in [2.05, 4.69) is 19.0 Å². The Bertz CT molecular complexity index is 1470. The number of ether oxygens (including phenoxy) is 3. The van der Waals surface area contributed by atoms with Gasteiger partial charge in [0.2, 0.25) is 0 Å². The van der Waals surface area contributed by atoms with Gasteiger partial charge in [-0.1, -0.05) is 31.0 Å². The summed E-state index contributed by atoms with van der Waals surface area (Å²) in [4.78, 5) is 32.7. The second-order valence-corrected chi connectivity index (χ2v) is 10.1. The summed E-state index contributed by atoms with van der Waals surface area (Å²) in [5.74, 6) is 0.181. The van der Waals surface area contributed by atoms with Crippen LogP contribution in [-0.2, 0) is 4.74 Å². The van der Waals surface area contributed by atoms with Gasteiger partial charge in [0.1, 0.15) is 11.5 Å². The van der Waals surface area contributed by atoms with E-state index in [1.165, 1.54) is 20.0 Å². The van der Waals surface area contributed by atoms with Gasteiger partial charge in [-0.15, -0.1) is 0 Å². The number of unbranched alkanes of at least 4 members (excludes halogenated alkanes) is 3. The third kappa shape index (κ3) is 6.73. The van der Waals surface area contributed by atoms with E-state index in [-0.39, 0.29) is 0 Å². The van der Waals surface area contributed by atoms with Crippen LogP contribution in [0.1, 0.15) is 57.5 Å². The number of nitrogens with zero attached hydrogens (tertiary/aromatic N) is 2. The van der Waals surface area contributed by atoms with E-state index >= 15 is 0 Å². The van der Waals surface area contributed by atoms with Gasteiger partial charge in [-0.3, -0.25) is 0 Å². The van der Waals surface area contributed by atoms with E-state index in [9.17, 15) is 9.59 Å². The van der Waals surface area contributed by atoms with Gasteiger partial charge in [-0.25, -0.2) is 14.6 Å². The summed E-state index contributed by atoms with van der Waals surface area (Å²) < 4.78 is 16.9. The number of esters is 2. The number of hydrogen-bond acceptors (Lipinski definition) is 7. The average Bonchev–Trinajstić information content (AvgIpc) is 2.92. The van der Waals surface area contributed by atoms with Crippen molar-refractivity contribution in [2.75, 3.05) is 34.4 Å². The summed E-state index contributed by atoms with van der Waals surface area (Å²) in [5.41, 5.74) is 3.57. The second kappa shape index (κ2) is 12.7. The molecule has 0 aliphatic carbocycles. The van der Waals surface area contributed by atoms with Crippen LogP contribution in [0.5, 0.6) is 11.5 Å². The molecule has 1 aromatic heterocycles. The highest BCUT2D eigenvalue weighted by atomic mass is 16.5. The Kier molecular flexibility index (Phi) is 9.15. The summed E-state index contributed by atoms with van der Waals surface area (Å²) in [5, 5.41) is 1.37. The van der Waals surface area contributed by atoms with E-state index in [4.69, 9.17) is 19.2 Å². The number of methoxy groups -OCH3 is 1. The standard InChI is InChI=1S/C32H36N2O5/c1-21-18-23(31(35)37-5)19-22(2)30(21)39-32(36)29-25-12-8-9-13-27(25)33-28-15-14-24(20-26(28)29)38-17-11-7-6-10-16-34(3)4/h8-9,12-15,18-20H,6-7,10-11,16-17H2,1-5H3. The van der Waals surface area contributed by atoms with Gasteiger partial charge < -0.3 is 19.1 Å². The number of pyridine rings is 1. The Morgan fingerprint density at radius 1 is 0.821 bits per heavy atom. The molecule has 0 amide bonds. The first-order chi connectivity index (χ1) is 18.8. The zero-order chi connectivity index (χ0) is 27.9. The molecule has 0 aliphatic rings. The van der Waals surface area contributed by atoms with Crippen LogP contribution >= 0.6 is 0 Å². The molecule has 4 aromatic rings. The number of rotatable bonds is 11. The van der Waals surface area contributed by atoms with E-state index in [0.29, 0.717) is 62.2 Å². The van der Waals surface area contributed by atoms with Crippen molar-refractivity contribution in [3.63, 3.8) is 0 Å². The molecule has 4 rings (SSSR count). The zero-order valence-corrected chi connectivity index (χ0v) is 23.4. The SMILES string of the molecule is COC(=O)c1cc(C)c(OC(=O)c2c3ccccc3nc3ccc(OCCCCCCN(C)C)cc23)c(C)c1. The summed E-state index contributed by atoms with van der Waals surface area (Å²) in [6.45, 7) is 5.31. The minimum Gasteiger partial charge on any atom is -0.494 e. The monoisotopic (exact) mass is 528 g/mol. The number of benzene rings is 3. The van der Waals surface area contributed by atoms with E-state index in [0.717, 1.165) is 19.4 Å². The smallest absolute Gasteiger partial charge is 0.344 e. The molecule has 204 valence electrons. The molecular weight excluding hydrogens is 492 g/mol. The van der Waals surface area contributed by atoms with Gasteiger partial charge in [-0.2, -0.15) is 0 Å². The summed E-state index contributed by atoms with van der Waals surface area (Å²) >= 11 is 0. The maximum atomic E-state index is 13.8. The summed E-state index contributed by atoms with van der Waals surface area (Å²) in [6.07, 6.45) is 4.43. The van der Waals surface area contributed by atoms with Crippen molar-refractivity contribution in [3.05, 3.63) is 76.9 Å². The maximum absolute atomic E-state index is 13.8. The molecule has 1 heterocycles. The fourth-order valence-corrected chi connectivity index (χ4v) is 4.74. The Hall–Kier alpha value is -3.97. The van der Waals surface area contributed by atoms with Crippen molar-refractivity contribution in [3.8, 4) is 11.5 Å². The lowest BCUT2D eigenvalue weighted by Gasteiger charge is -2.15. The molecule has 0 N–H and O–H groups in total. The quantitative estimate of drug-likeness (QED) is 0.0950. The lowest BCUT2D eigenvalue weighted by molar-refractivity contribution is 0.0600. The molecule has 0 aliphatic heterocycles. The molecule has 3 aromatic carbocycles. The van der Waals surface area contributed by atoms with E-state index in [1.807, 2.05) is 42.5 Å². The van der Waals surface area contributed by atoms with Crippen LogP contribution < -0.4 is 9.47 Å². The van der Waals surface area contributed by atoms with Gasteiger partial charge in [0, 0.05) is 10.8 Å². The topological polar surface area (TPSA) is 78.0 Å². The first kappa shape index (κ1) is 28.0. The average molecular weight is 529 g/mol. The fraction of sp³-hybridized carbons (Fsp3) is 0.344. The predicted octanol–water partition coefficient (Wildman–Crippen LogP) is 6.51. The minimum absolute atomic E-state index is 0.409. The first-order valence-corrected chi connectivity index (χ1v) is 13.3. The van der Waals surface area contributed by atoms with Gasteiger partial charge in [0.05, 0.1) is 35.9 Å². The number of aromatic nitrogens is 1. The van der Waals surface area contributed by atoms with Crippen LogP contribution in [0, 0.1) is 13.8 Å². The van der Waals surface area contributed by atoms with Crippen molar-refractivity contribution in [1.29, 1.82) is 0 Å². The van der Waals surface area contributed by atoms with Crippen molar-refractivity contribution in [2.45, 2.75) is 39.5 Å². The third-order valence-electron chi connectivity index (χ3n) is 6.70. The molecule has 0 saturated carbocycles. The highest BCUT2D eigenvalue weighted by molar-refractivity contribution is 6.15. The summed E-state index contributed by atoms with van der Waals surface area (Å²) in [6, 6.07) is 16.5. The Labute approximate surface area is 229 Å². The van der Waals surface area contributed by atoms with Crippen molar-refractivity contribution in [1.82, 2.24) is 9.88 Å². The third-order valence-corrected chi connectivity index (χ3v) is 6.70. The first-order valence-electron chi connectivity index (χ1n) is 13.3. The molecule has 0 atom stereocenters. The minimum atomic E-state index is -0.492. The highest BCUT2D eigenvalue weighted by Gasteiger charge is 2.21. The lowest BCUT2D eigenvalue weighted by atomic mass is 10.0. The van der Waals surface area contributed by atoms with Gasteiger partial charge in [0.15, 0.2) is 0 Å². The van der Waals surface area contributed by atoms with Crippen LogP contribution in [0.15, 0.2) is 54.6 Å². The molecule has 0 saturated heterocycles. The maximum Gasteiger partial charge on any atom is 0.344 e. The normalized spacial score (nSPS) is 11.2. The lowest BCUT2D eigenvalue weighted by Crippen LogP contribution is -2.13. The van der Waals surface area contributed by atoms with Crippen LogP contribution in [0.4, 0.5) is 0 Å². The van der Waals surface area contributed by atoms with Gasteiger partial charge >= 0.3 is 11.9 Å². The molecule has 0 bridgehead atoms. The Balaban J connectivity index is 1.61.